The van der Waals surface area contributed by atoms with Gasteiger partial charge in [0.1, 0.15) is 17.1 Å². The lowest BCUT2D eigenvalue weighted by molar-refractivity contribution is -0.384. The highest BCUT2D eigenvalue weighted by Crippen LogP contribution is 2.25. The van der Waals surface area contributed by atoms with Crippen molar-refractivity contribution in [3.05, 3.63) is 46.1 Å². The van der Waals surface area contributed by atoms with Gasteiger partial charge >= 0.3 is 0 Å². The molecule has 0 spiro atoms. The minimum absolute atomic E-state index is 0.0214. The van der Waals surface area contributed by atoms with Gasteiger partial charge in [-0.3, -0.25) is 14.9 Å². The molecule has 0 aliphatic carbocycles. The Morgan fingerprint density at radius 2 is 2.06 bits per heavy atom. The van der Waals surface area contributed by atoms with Gasteiger partial charge in [-0.25, -0.2) is 4.68 Å². The van der Waals surface area contributed by atoms with E-state index in [9.17, 15) is 14.9 Å². The quantitative estimate of drug-likeness (QED) is 0.601. The van der Waals surface area contributed by atoms with Crippen molar-refractivity contribution in [2.75, 3.05) is 5.73 Å². The monoisotopic (exact) mass is 247 g/mol. The number of nitrogen functional groups attached to an aromatic ring is 1. The van der Waals surface area contributed by atoms with Crippen LogP contribution >= 0.6 is 0 Å². The number of aromatic nitrogens is 2. The van der Waals surface area contributed by atoms with Crippen LogP contribution < -0.4 is 11.5 Å². The zero-order valence-electron chi connectivity index (χ0n) is 9.11. The fourth-order valence-electron chi connectivity index (χ4n) is 1.54. The van der Waals surface area contributed by atoms with Crippen LogP contribution in [0.3, 0.4) is 0 Å². The van der Waals surface area contributed by atoms with Gasteiger partial charge in [0, 0.05) is 6.07 Å². The highest BCUT2D eigenvalue weighted by atomic mass is 16.6. The van der Waals surface area contributed by atoms with Crippen LogP contribution in [0.2, 0.25) is 0 Å². The number of rotatable bonds is 3. The largest absolute Gasteiger partial charge is 0.383 e. The lowest BCUT2D eigenvalue weighted by Gasteiger charge is -2.04. The second-order valence-electron chi connectivity index (χ2n) is 3.47. The van der Waals surface area contributed by atoms with Gasteiger partial charge < -0.3 is 11.5 Å². The first-order chi connectivity index (χ1) is 8.52. The summed E-state index contributed by atoms with van der Waals surface area (Å²) in [5.41, 5.74) is 10.8. The van der Waals surface area contributed by atoms with E-state index in [0.717, 1.165) is 4.68 Å². The molecule has 1 aromatic heterocycles. The molecule has 1 heterocycles. The van der Waals surface area contributed by atoms with Gasteiger partial charge in [0.15, 0.2) is 0 Å². The number of nitrogens with two attached hydrogens (primary N) is 2. The molecular weight excluding hydrogens is 238 g/mol. The van der Waals surface area contributed by atoms with Crippen LogP contribution in [-0.2, 0) is 0 Å². The number of nitro groups is 1. The van der Waals surface area contributed by atoms with Gasteiger partial charge in [-0.2, -0.15) is 5.10 Å². The minimum Gasteiger partial charge on any atom is -0.383 e. The third-order valence-electron chi connectivity index (χ3n) is 2.38. The molecule has 4 N–H and O–H groups in total. The average Bonchev–Trinajstić information content (AvgIpc) is 2.71. The van der Waals surface area contributed by atoms with Gasteiger partial charge in [-0.05, 0) is 6.07 Å². The standard InChI is InChI=1S/C10H9N5O3/c11-9-6(10(12)16)5-13-14(9)7-3-1-2-4-8(7)15(17)18/h1-5H,11H2,(H2,12,16). The first-order valence-corrected chi connectivity index (χ1v) is 4.89. The maximum absolute atomic E-state index is 11.0. The van der Waals surface area contributed by atoms with E-state index >= 15 is 0 Å². The zero-order valence-corrected chi connectivity index (χ0v) is 9.11. The molecule has 1 amide bonds. The summed E-state index contributed by atoms with van der Waals surface area (Å²) < 4.78 is 1.11. The first kappa shape index (κ1) is 11.6. The van der Waals surface area contributed by atoms with E-state index in [-0.39, 0.29) is 22.8 Å². The summed E-state index contributed by atoms with van der Waals surface area (Å²) >= 11 is 0. The van der Waals surface area contributed by atoms with Crippen LogP contribution in [0.1, 0.15) is 10.4 Å². The third-order valence-corrected chi connectivity index (χ3v) is 2.38. The Labute approximate surface area is 101 Å². The van der Waals surface area contributed by atoms with Crippen LogP contribution in [0.25, 0.3) is 5.69 Å². The maximum atomic E-state index is 11.0. The van der Waals surface area contributed by atoms with Crippen molar-refractivity contribution in [2.45, 2.75) is 0 Å². The molecule has 1 aromatic carbocycles. The van der Waals surface area contributed by atoms with Crippen LogP contribution in [-0.4, -0.2) is 20.6 Å². The van der Waals surface area contributed by atoms with E-state index in [1.807, 2.05) is 0 Å². The average molecular weight is 247 g/mol. The van der Waals surface area contributed by atoms with Crippen LogP contribution in [0.15, 0.2) is 30.5 Å². The second-order valence-corrected chi connectivity index (χ2v) is 3.47. The first-order valence-electron chi connectivity index (χ1n) is 4.89. The molecule has 0 unspecified atom stereocenters. The number of hydrogen-bond acceptors (Lipinski definition) is 5. The predicted molar refractivity (Wildman–Crippen MR) is 63.1 cm³/mol. The Balaban J connectivity index is 2.63. The van der Waals surface area contributed by atoms with Crippen molar-refractivity contribution < 1.29 is 9.72 Å². The van der Waals surface area contributed by atoms with Crippen molar-refractivity contribution in [2.24, 2.45) is 5.73 Å². The molecule has 0 atom stereocenters. The van der Waals surface area contributed by atoms with Crippen molar-refractivity contribution in [1.29, 1.82) is 0 Å². The van der Waals surface area contributed by atoms with E-state index in [1.165, 1.54) is 24.4 Å². The molecule has 8 nitrogen and oxygen atoms in total. The molecule has 8 heteroatoms. The van der Waals surface area contributed by atoms with Crippen LogP contribution in [0.4, 0.5) is 11.5 Å². The molecular formula is C10H9N5O3. The Kier molecular flexibility index (Phi) is 2.68. The molecule has 18 heavy (non-hydrogen) atoms. The summed E-state index contributed by atoms with van der Waals surface area (Å²) in [6.07, 6.45) is 1.17. The summed E-state index contributed by atoms with van der Waals surface area (Å²) in [5, 5.41) is 14.7. The van der Waals surface area contributed by atoms with Crippen molar-refractivity contribution in [3.8, 4) is 5.69 Å². The normalized spacial score (nSPS) is 10.2. The number of hydrogen-bond donors (Lipinski definition) is 2. The van der Waals surface area contributed by atoms with Gasteiger partial charge in [0.2, 0.25) is 0 Å². The fourth-order valence-corrected chi connectivity index (χ4v) is 1.54. The minimum atomic E-state index is -0.739. The predicted octanol–water partition coefficient (Wildman–Crippen LogP) is 0.462. The highest BCUT2D eigenvalue weighted by Gasteiger charge is 2.19. The SMILES string of the molecule is NC(=O)c1cnn(-c2ccccc2[N+](=O)[O-])c1N. The van der Waals surface area contributed by atoms with Gasteiger partial charge in [0.25, 0.3) is 11.6 Å². The van der Waals surface area contributed by atoms with E-state index in [4.69, 9.17) is 11.5 Å². The third kappa shape index (κ3) is 1.75. The van der Waals surface area contributed by atoms with E-state index in [1.54, 1.807) is 6.07 Å². The number of primary amides is 1. The Hall–Kier alpha value is -2.90. The highest BCUT2D eigenvalue weighted by molar-refractivity contribution is 5.97. The number of nitro benzene ring substituents is 1. The summed E-state index contributed by atoms with van der Waals surface area (Å²) in [6.45, 7) is 0. The number of carbonyl (C=O) groups is 1. The lowest BCUT2D eigenvalue weighted by atomic mass is 10.2. The van der Waals surface area contributed by atoms with Gasteiger partial charge in [-0.15, -0.1) is 0 Å². The summed E-state index contributed by atoms with van der Waals surface area (Å²) in [6, 6.07) is 5.93. The van der Waals surface area contributed by atoms with Gasteiger partial charge in [-0.1, -0.05) is 12.1 Å². The molecule has 0 bridgehead atoms. The molecule has 0 aliphatic heterocycles. The summed E-state index contributed by atoms with van der Waals surface area (Å²) in [4.78, 5) is 21.4. The second kappa shape index (κ2) is 4.17. The fraction of sp³-hybridized carbons (Fsp3) is 0. The Bertz CT molecular complexity index is 634. The van der Waals surface area contributed by atoms with E-state index in [2.05, 4.69) is 5.10 Å². The number of amides is 1. The molecule has 92 valence electrons. The molecule has 0 saturated carbocycles. The summed E-state index contributed by atoms with van der Waals surface area (Å²) in [7, 11) is 0. The molecule has 0 fully saturated rings. The lowest BCUT2D eigenvalue weighted by Crippen LogP contribution is -2.13. The van der Waals surface area contributed by atoms with E-state index < -0.39 is 10.8 Å². The molecule has 2 rings (SSSR count). The van der Waals surface area contributed by atoms with Crippen LogP contribution in [0.5, 0.6) is 0 Å². The van der Waals surface area contributed by atoms with Crippen molar-refractivity contribution >= 4 is 17.4 Å². The Morgan fingerprint density at radius 3 is 2.61 bits per heavy atom. The topological polar surface area (TPSA) is 130 Å². The van der Waals surface area contributed by atoms with Gasteiger partial charge in [0.05, 0.1) is 11.1 Å². The Morgan fingerprint density at radius 1 is 1.39 bits per heavy atom. The van der Waals surface area contributed by atoms with Crippen molar-refractivity contribution in [3.63, 3.8) is 0 Å². The number of nitrogens with zero attached hydrogens (tertiary/aromatic N) is 3. The maximum Gasteiger partial charge on any atom is 0.294 e. The summed E-state index contributed by atoms with van der Waals surface area (Å²) in [5.74, 6) is -0.769. The smallest absolute Gasteiger partial charge is 0.294 e. The molecule has 0 saturated heterocycles. The number of carbonyl (C=O) groups excluding carboxylic acids is 1. The number of benzene rings is 1. The number of anilines is 1. The molecule has 2 aromatic rings. The number of para-hydroxylation sites is 2. The molecule has 0 aliphatic rings. The van der Waals surface area contributed by atoms with Crippen molar-refractivity contribution in [1.82, 2.24) is 9.78 Å². The zero-order chi connectivity index (χ0) is 13.3. The van der Waals surface area contributed by atoms with E-state index in [0.29, 0.717) is 0 Å². The molecule has 0 radical (unpaired) electrons. The van der Waals surface area contributed by atoms with Crippen LogP contribution in [0, 0.1) is 10.1 Å².